The lowest BCUT2D eigenvalue weighted by molar-refractivity contribution is 0.0962. The number of aryl methyl sites for hydroxylation is 1. The van der Waals surface area contributed by atoms with Gasteiger partial charge in [-0.15, -0.1) is 0 Å². The Morgan fingerprint density at radius 3 is 2.79 bits per heavy atom. The lowest BCUT2D eigenvalue weighted by atomic mass is 10.1. The predicted octanol–water partition coefficient (Wildman–Crippen LogP) is 2.09. The summed E-state index contributed by atoms with van der Waals surface area (Å²) in [5.74, 6) is 0.815. The molecule has 0 radical (unpaired) electrons. The van der Waals surface area contributed by atoms with Crippen LogP contribution >= 0.6 is 0 Å². The zero-order chi connectivity index (χ0) is 20.4. The predicted molar refractivity (Wildman–Crippen MR) is 107 cm³/mol. The molecule has 4 aromatic rings. The number of nitrogens with zero attached hydrogens (tertiary/aromatic N) is 4. The molecule has 29 heavy (non-hydrogen) atoms. The van der Waals surface area contributed by atoms with Crippen LogP contribution in [0.4, 0.5) is 0 Å². The Kier molecular flexibility index (Phi) is 4.90. The molecule has 1 amide bonds. The van der Waals surface area contributed by atoms with Crippen LogP contribution in [0.1, 0.15) is 33.4 Å². The summed E-state index contributed by atoms with van der Waals surface area (Å²) >= 11 is 0. The molecule has 0 aliphatic rings. The first-order valence-corrected chi connectivity index (χ1v) is 9.11. The van der Waals surface area contributed by atoms with Crippen LogP contribution in [0.3, 0.4) is 0 Å². The Bertz CT molecular complexity index is 1240. The van der Waals surface area contributed by atoms with Crippen molar-refractivity contribution in [2.24, 2.45) is 0 Å². The molecule has 0 aliphatic carbocycles. The standard InChI is InChI=1S/C21H19N5O3/c1-13-11-24-19(29-13)12-26-8-6-17-16(21(26)28)10-15(20(27)22-2)18(25-17)9-14-5-3-4-7-23-14/h3-8,10-11H,9,12H2,1-2H3,(H,22,27). The minimum absolute atomic E-state index is 0.202. The second-order valence-electron chi connectivity index (χ2n) is 6.61. The second-order valence-corrected chi connectivity index (χ2v) is 6.61. The molecule has 0 saturated carbocycles. The Hall–Kier alpha value is -3.81. The number of hydrogen-bond acceptors (Lipinski definition) is 6. The molecule has 0 aromatic carbocycles. The number of nitrogens with one attached hydrogen (secondary N) is 1. The summed E-state index contributed by atoms with van der Waals surface area (Å²) in [6, 6.07) is 8.93. The first-order chi connectivity index (χ1) is 14.0. The van der Waals surface area contributed by atoms with E-state index in [1.807, 2.05) is 18.2 Å². The van der Waals surface area contributed by atoms with Crippen LogP contribution in [-0.2, 0) is 13.0 Å². The zero-order valence-electron chi connectivity index (χ0n) is 16.0. The van der Waals surface area contributed by atoms with Gasteiger partial charge in [0.25, 0.3) is 11.5 Å². The van der Waals surface area contributed by atoms with E-state index in [0.29, 0.717) is 40.2 Å². The van der Waals surface area contributed by atoms with Gasteiger partial charge in [0.15, 0.2) is 0 Å². The monoisotopic (exact) mass is 389 g/mol. The molecule has 4 rings (SSSR count). The number of amides is 1. The van der Waals surface area contributed by atoms with Gasteiger partial charge in [0.05, 0.1) is 28.4 Å². The van der Waals surface area contributed by atoms with Crippen LogP contribution in [0.15, 0.2) is 58.1 Å². The van der Waals surface area contributed by atoms with E-state index in [2.05, 4.69) is 20.3 Å². The number of aromatic nitrogens is 4. The number of hydrogen-bond donors (Lipinski definition) is 1. The van der Waals surface area contributed by atoms with Gasteiger partial charge in [-0.25, -0.2) is 4.98 Å². The minimum Gasteiger partial charge on any atom is -0.444 e. The van der Waals surface area contributed by atoms with Gasteiger partial charge in [-0.2, -0.15) is 0 Å². The van der Waals surface area contributed by atoms with Crippen LogP contribution in [0, 0.1) is 6.92 Å². The Balaban J connectivity index is 1.80. The molecule has 8 nitrogen and oxygen atoms in total. The van der Waals surface area contributed by atoms with Crippen molar-refractivity contribution in [3.8, 4) is 0 Å². The van der Waals surface area contributed by atoms with E-state index < -0.39 is 0 Å². The van der Waals surface area contributed by atoms with Gasteiger partial charge >= 0.3 is 0 Å². The van der Waals surface area contributed by atoms with Crippen LogP contribution in [0.25, 0.3) is 10.9 Å². The van der Waals surface area contributed by atoms with Crippen LogP contribution in [-0.4, -0.2) is 32.5 Å². The third-order valence-electron chi connectivity index (χ3n) is 4.56. The van der Waals surface area contributed by atoms with E-state index in [1.54, 1.807) is 44.7 Å². The van der Waals surface area contributed by atoms with Gasteiger partial charge in [0.1, 0.15) is 12.3 Å². The fourth-order valence-corrected chi connectivity index (χ4v) is 3.13. The third-order valence-corrected chi connectivity index (χ3v) is 4.56. The third kappa shape index (κ3) is 3.77. The molecular formula is C21H19N5O3. The first-order valence-electron chi connectivity index (χ1n) is 9.11. The number of carbonyl (C=O) groups excluding carboxylic acids is 1. The Labute approximate surface area is 166 Å². The maximum atomic E-state index is 13.0. The average Bonchev–Trinajstić information content (AvgIpc) is 3.15. The molecule has 0 fully saturated rings. The van der Waals surface area contributed by atoms with Gasteiger partial charge in [0.2, 0.25) is 5.89 Å². The van der Waals surface area contributed by atoms with Crippen LogP contribution in [0.2, 0.25) is 0 Å². The van der Waals surface area contributed by atoms with Gasteiger partial charge in [-0.1, -0.05) is 6.07 Å². The van der Waals surface area contributed by atoms with Crippen molar-refractivity contribution in [1.82, 2.24) is 24.8 Å². The van der Waals surface area contributed by atoms with Crippen molar-refractivity contribution in [1.29, 1.82) is 0 Å². The fraction of sp³-hybridized carbons (Fsp3) is 0.190. The van der Waals surface area contributed by atoms with E-state index in [1.165, 1.54) is 4.57 Å². The van der Waals surface area contributed by atoms with E-state index in [9.17, 15) is 9.59 Å². The number of oxazole rings is 1. The molecule has 0 aliphatic heterocycles. The molecular weight excluding hydrogens is 370 g/mol. The summed E-state index contributed by atoms with van der Waals surface area (Å²) in [4.78, 5) is 38.5. The van der Waals surface area contributed by atoms with Gasteiger partial charge in [-0.05, 0) is 31.2 Å². The van der Waals surface area contributed by atoms with Gasteiger partial charge < -0.3 is 14.3 Å². The summed E-state index contributed by atoms with van der Waals surface area (Å²) in [5.41, 5.74) is 1.97. The minimum atomic E-state index is -0.302. The molecule has 1 N–H and O–H groups in total. The first kappa shape index (κ1) is 18.5. The van der Waals surface area contributed by atoms with Crippen LogP contribution in [0.5, 0.6) is 0 Å². The van der Waals surface area contributed by atoms with Crippen molar-refractivity contribution in [2.45, 2.75) is 19.9 Å². The molecule has 0 spiro atoms. The van der Waals surface area contributed by atoms with Crippen molar-refractivity contribution in [3.63, 3.8) is 0 Å². The fourth-order valence-electron chi connectivity index (χ4n) is 3.13. The number of pyridine rings is 3. The van der Waals surface area contributed by atoms with Gasteiger partial charge in [-0.3, -0.25) is 19.6 Å². The molecule has 8 heteroatoms. The summed E-state index contributed by atoms with van der Waals surface area (Å²) in [7, 11) is 1.55. The van der Waals surface area contributed by atoms with Crippen molar-refractivity contribution in [3.05, 3.63) is 87.9 Å². The van der Waals surface area contributed by atoms with Crippen LogP contribution < -0.4 is 10.9 Å². The summed E-state index contributed by atoms with van der Waals surface area (Å²) in [5, 5.41) is 2.98. The summed E-state index contributed by atoms with van der Waals surface area (Å²) in [6.45, 7) is 2.00. The highest BCUT2D eigenvalue weighted by atomic mass is 16.4. The molecule has 146 valence electrons. The largest absolute Gasteiger partial charge is 0.444 e. The SMILES string of the molecule is CNC(=O)c1cc2c(=O)n(Cc3ncc(C)o3)ccc2nc1Cc1ccccn1. The normalized spacial score (nSPS) is 11.0. The maximum absolute atomic E-state index is 13.0. The van der Waals surface area contributed by atoms with E-state index >= 15 is 0 Å². The number of carbonyl (C=O) groups is 1. The highest BCUT2D eigenvalue weighted by Crippen LogP contribution is 2.17. The van der Waals surface area contributed by atoms with E-state index in [0.717, 1.165) is 5.69 Å². The van der Waals surface area contributed by atoms with E-state index in [4.69, 9.17) is 4.42 Å². The summed E-state index contributed by atoms with van der Waals surface area (Å²) in [6.07, 6.45) is 5.34. The number of rotatable bonds is 5. The molecule has 0 unspecified atom stereocenters. The molecule has 4 heterocycles. The topological polar surface area (TPSA) is 103 Å². The maximum Gasteiger partial charge on any atom is 0.260 e. The quantitative estimate of drug-likeness (QED) is 0.561. The highest BCUT2D eigenvalue weighted by Gasteiger charge is 2.17. The summed E-state index contributed by atoms with van der Waals surface area (Å²) < 4.78 is 6.95. The smallest absolute Gasteiger partial charge is 0.260 e. The van der Waals surface area contributed by atoms with Crippen molar-refractivity contribution < 1.29 is 9.21 Å². The molecule has 4 aromatic heterocycles. The van der Waals surface area contributed by atoms with Gasteiger partial charge in [0, 0.05) is 31.6 Å². The van der Waals surface area contributed by atoms with E-state index in [-0.39, 0.29) is 18.0 Å². The Morgan fingerprint density at radius 2 is 2.10 bits per heavy atom. The number of fused-ring (bicyclic) bond motifs is 1. The average molecular weight is 389 g/mol. The molecule has 0 atom stereocenters. The highest BCUT2D eigenvalue weighted by molar-refractivity contribution is 5.98. The molecule has 0 saturated heterocycles. The Morgan fingerprint density at radius 1 is 1.24 bits per heavy atom. The zero-order valence-corrected chi connectivity index (χ0v) is 16.0. The van der Waals surface area contributed by atoms with Crippen molar-refractivity contribution in [2.75, 3.05) is 7.05 Å². The lowest BCUT2D eigenvalue weighted by Gasteiger charge is -2.11. The second kappa shape index (κ2) is 7.67. The lowest BCUT2D eigenvalue weighted by Crippen LogP contribution is -2.24. The van der Waals surface area contributed by atoms with Crippen molar-refractivity contribution >= 4 is 16.8 Å². The molecule has 0 bridgehead atoms.